The third kappa shape index (κ3) is 4.09. The van der Waals surface area contributed by atoms with Crippen molar-refractivity contribution >= 4 is 22.5 Å². The van der Waals surface area contributed by atoms with E-state index in [4.69, 9.17) is 4.98 Å². The molecule has 3 aromatic rings. The number of anilines is 1. The first-order valence-corrected chi connectivity index (χ1v) is 12.4. The van der Waals surface area contributed by atoms with Gasteiger partial charge in [0.1, 0.15) is 5.82 Å². The number of fused-ring (bicyclic) bond motifs is 1. The third-order valence-corrected chi connectivity index (χ3v) is 7.37. The molecule has 0 bridgehead atoms. The van der Waals surface area contributed by atoms with Crippen molar-refractivity contribution in [3.05, 3.63) is 69.8 Å². The maximum absolute atomic E-state index is 13.8. The molecule has 1 saturated carbocycles. The van der Waals surface area contributed by atoms with Gasteiger partial charge in [0.2, 0.25) is 0 Å². The summed E-state index contributed by atoms with van der Waals surface area (Å²) in [6.07, 6.45) is 3.35. The summed E-state index contributed by atoms with van der Waals surface area (Å²) in [5.74, 6) is 0.509. The van der Waals surface area contributed by atoms with E-state index in [-0.39, 0.29) is 11.5 Å². The largest absolute Gasteiger partial charge is 0.369 e. The second-order valence-corrected chi connectivity index (χ2v) is 9.74. The number of aryl methyl sites for hydroxylation is 1. The molecule has 1 aliphatic carbocycles. The topological polar surface area (TPSA) is 70.5 Å². The summed E-state index contributed by atoms with van der Waals surface area (Å²) in [4.78, 5) is 36.3. The molecule has 5 rings (SSSR count). The molecular weight excluding hydrogens is 426 g/mol. The monoisotopic (exact) mass is 459 g/mol. The van der Waals surface area contributed by atoms with Crippen LogP contribution < -0.4 is 15.9 Å². The first-order valence-electron chi connectivity index (χ1n) is 12.4. The van der Waals surface area contributed by atoms with Gasteiger partial charge < -0.3 is 4.90 Å². The fourth-order valence-electron chi connectivity index (χ4n) is 5.15. The van der Waals surface area contributed by atoms with Crippen LogP contribution in [0.25, 0.3) is 10.9 Å². The van der Waals surface area contributed by atoms with Crippen molar-refractivity contribution < 1.29 is 4.79 Å². The average molecular weight is 460 g/mol. The Hall–Kier alpha value is -3.19. The minimum absolute atomic E-state index is 0.198. The van der Waals surface area contributed by atoms with Crippen LogP contribution in [0.4, 0.5) is 5.69 Å². The first-order chi connectivity index (χ1) is 16.4. The van der Waals surface area contributed by atoms with Crippen LogP contribution in [0.1, 0.15) is 60.8 Å². The zero-order valence-corrected chi connectivity index (χ0v) is 20.3. The van der Waals surface area contributed by atoms with Crippen molar-refractivity contribution in [1.82, 2.24) is 14.6 Å². The predicted octanol–water partition coefficient (Wildman–Crippen LogP) is 3.89. The molecule has 1 saturated heterocycles. The van der Waals surface area contributed by atoms with Crippen molar-refractivity contribution in [2.45, 2.75) is 52.0 Å². The molecule has 2 fully saturated rings. The predicted molar refractivity (Wildman–Crippen MR) is 136 cm³/mol. The van der Waals surface area contributed by atoms with Crippen molar-refractivity contribution in [2.75, 3.05) is 36.5 Å². The number of aromatic nitrogens is 2. The Bertz CT molecular complexity index is 1260. The Balaban J connectivity index is 1.58. The third-order valence-electron chi connectivity index (χ3n) is 7.37. The van der Waals surface area contributed by atoms with Crippen LogP contribution in [0.5, 0.6) is 0 Å². The number of piperazine rings is 1. The molecule has 34 heavy (non-hydrogen) atoms. The van der Waals surface area contributed by atoms with Crippen LogP contribution >= 0.6 is 0 Å². The van der Waals surface area contributed by atoms with Gasteiger partial charge in [0, 0.05) is 43.5 Å². The molecule has 0 unspecified atom stereocenters. The SMILES string of the molecule is Cc1nc2ccc(N3CCN(C(C)C)CC3)c(C3CCC3)c2c(=O)n1NC(=O)c1ccccc1. The fraction of sp³-hybridized carbons (Fsp3) is 0.444. The van der Waals surface area contributed by atoms with Gasteiger partial charge in [-0.2, -0.15) is 0 Å². The molecule has 0 spiro atoms. The lowest BCUT2D eigenvalue weighted by atomic mass is 9.77. The van der Waals surface area contributed by atoms with E-state index >= 15 is 0 Å². The van der Waals surface area contributed by atoms with Crippen LogP contribution in [-0.4, -0.2) is 52.7 Å². The molecule has 2 heterocycles. The lowest BCUT2D eigenvalue weighted by Gasteiger charge is -2.40. The number of amides is 1. The highest BCUT2D eigenvalue weighted by Gasteiger charge is 2.30. The normalized spacial score (nSPS) is 17.2. The number of carbonyl (C=O) groups is 1. The number of carbonyl (C=O) groups excluding carboxylic acids is 1. The van der Waals surface area contributed by atoms with Crippen LogP contribution in [-0.2, 0) is 0 Å². The minimum atomic E-state index is -0.321. The van der Waals surface area contributed by atoms with E-state index in [1.165, 1.54) is 11.1 Å². The molecule has 0 atom stereocenters. The van der Waals surface area contributed by atoms with Crippen molar-refractivity contribution in [1.29, 1.82) is 0 Å². The van der Waals surface area contributed by atoms with Gasteiger partial charge in [0.05, 0.1) is 10.9 Å². The average Bonchev–Trinajstić information content (AvgIpc) is 2.81. The van der Waals surface area contributed by atoms with Gasteiger partial charge in [-0.1, -0.05) is 24.6 Å². The molecule has 7 nitrogen and oxygen atoms in total. The summed E-state index contributed by atoms with van der Waals surface area (Å²) >= 11 is 0. The number of hydrogen-bond acceptors (Lipinski definition) is 5. The van der Waals surface area contributed by atoms with E-state index in [1.54, 1.807) is 19.1 Å². The molecule has 1 aliphatic heterocycles. The lowest BCUT2D eigenvalue weighted by molar-refractivity contribution is 0.101. The zero-order chi connectivity index (χ0) is 23.8. The van der Waals surface area contributed by atoms with Gasteiger partial charge in [-0.25, -0.2) is 9.66 Å². The number of hydrogen-bond donors (Lipinski definition) is 1. The Kier molecular flexibility index (Phi) is 6.13. The summed E-state index contributed by atoms with van der Waals surface area (Å²) in [5.41, 5.74) is 6.07. The van der Waals surface area contributed by atoms with Crippen LogP contribution in [0.3, 0.4) is 0 Å². The molecular formula is C27H33N5O2. The molecule has 2 aliphatic rings. The minimum Gasteiger partial charge on any atom is -0.369 e. The van der Waals surface area contributed by atoms with E-state index < -0.39 is 0 Å². The number of benzene rings is 2. The van der Waals surface area contributed by atoms with E-state index in [1.807, 2.05) is 24.3 Å². The molecule has 178 valence electrons. The Labute approximate surface area is 200 Å². The van der Waals surface area contributed by atoms with E-state index in [9.17, 15) is 9.59 Å². The summed E-state index contributed by atoms with van der Waals surface area (Å²) in [6.45, 7) is 10.2. The van der Waals surface area contributed by atoms with Crippen molar-refractivity contribution in [3.63, 3.8) is 0 Å². The van der Waals surface area contributed by atoms with Gasteiger partial charge in [0.15, 0.2) is 0 Å². The van der Waals surface area contributed by atoms with Gasteiger partial charge in [0.25, 0.3) is 11.5 Å². The van der Waals surface area contributed by atoms with E-state index in [2.05, 4.69) is 35.1 Å². The van der Waals surface area contributed by atoms with Gasteiger partial charge in [-0.15, -0.1) is 0 Å². The molecule has 2 aromatic carbocycles. The zero-order valence-electron chi connectivity index (χ0n) is 20.3. The Morgan fingerprint density at radius 3 is 2.35 bits per heavy atom. The maximum Gasteiger partial charge on any atom is 0.280 e. The lowest BCUT2D eigenvalue weighted by Crippen LogP contribution is -2.49. The second-order valence-electron chi connectivity index (χ2n) is 9.74. The maximum atomic E-state index is 13.8. The smallest absolute Gasteiger partial charge is 0.280 e. The summed E-state index contributed by atoms with van der Waals surface area (Å²) < 4.78 is 1.32. The molecule has 0 radical (unpaired) electrons. The van der Waals surface area contributed by atoms with E-state index in [0.29, 0.717) is 34.3 Å². The highest BCUT2D eigenvalue weighted by atomic mass is 16.2. The summed E-state index contributed by atoms with van der Waals surface area (Å²) in [6, 6.07) is 13.6. The van der Waals surface area contributed by atoms with Crippen LogP contribution in [0, 0.1) is 6.92 Å². The summed E-state index contributed by atoms with van der Waals surface area (Å²) in [7, 11) is 0. The quantitative estimate of drug-likeness (QED) is 0.627. The number of rotatable bonds is 5. The van der Waals surface area contributed by atoms with Crippen molar-refractivity contribution in [2.24, 2.45) is 0 Å². The van der Waals surface area contributed by atoms with Gasteiger partial charge in [-0.05, 0) is 69.4 Å². The van der Waals surface area contributed by atoms with Crippen molar-refractivity contribution in [3.8, 4) is 0 Å². The van der Waals surface area contributed by atoms with E-state index in [0.717, 1.165) is 50.3 Å². The summed E-state index contributed by atoms with van der Waals surface area (Å²) in [5, 5.41) is 0.646. The van der Waals surface area contributed by atoms with Gasteiger partial charge in [-0.3, -0.25) is 19.9 Å². The standard InChI is InChI=1S/C27H33N5O2/c1-18(2)30-14-16-31(17-15-30)23-13-12-22-25(24(23)20-10-7-11-20)27(34)32(19(3)28-22)29-26(33)21-8-5-4-6-9-21/h4-6,8-9,12-13,18,20H,7,10-11,14-17H2,1-3H3,(H,29,33). The fourth-order valence-corrected chi connectivity index (χ4v) is 5.15. The van der Waals surface area contributed by atoms with Crippen LogP contribution in [0.2, 0.25) is 0 Å². The highest BCUT2D eigenvalue weighted by Crippen LogP contribution is 2.43. The number of nitrogens with zero attached hydrogens (tertiary/aromatic N) is 4. The second kappa shape index (κ2) is 9.22. The molecule has 1 amide bonds. The Morgan fingerprint density at radius 1 is 1.03 bits per heavy atom. The van der Waals surface area contributed by atoms with Gasteiger partial charge >= 0.3 is 0 Å². The van der Waals surface area contributed by atoms with Crippen LogP contribution in [0.15, 0.2) is 47.3 Å². The first kappa shape index (κ1) is 22.6. The Morgan fingerprint density at radius 2 is 1.74 bits per heavy atom. The highest BCUT2D eigenvalue weighted by molar-refractivity contribution is 6.00. The molecule has 7 heteroatoms. The number of nitrogens with one attached hydrogen (secondary N) is 1. The molecule has 1 aromatic heterocycles. The molecule has 1 N–H and O–H groups in total.